The first-order valence-corrected chi connectivity index (χ1v) is 9.67. The van der Waals surface area contributed by atoms with Crippen LogP contribution in [-0.2, 0) is 28.4 Å². The van der Waals surface area contributed by atoms with Crippen molar-refractivity contribution in [2.24, 2.45) is 7.05 Å². The molecule has 0 aliphatic carbocycles. The summed E-state index contributed by atoms with van der Waals surface area (Å²) in [6.07, 6.45) is 2.60. The van der Waals surface area contributed by atoms with E-state index in [9.17, 15) is 12.8 Å². The molecule has 3 rings (SSSR count). The first kappa shape index (κ1) is 18.0. The van der Waals surface area contributed by atoms with E-state index < -0.39 is 10.0 Å². The van der Waals surface area contributed by atoms with Gasteiger partial charge >= 0.3 is 0 Å². The van der Waals surface area contributed by atoms with Gasteiger partial charge in [0.1, 0.15) is 10.7 Å². The number of sulfonamides is 1. The van der Waals surface area contributed by atoms with Gasteiger partial charge in [-0.05, 0) is 25.8 Å². The molecule has 136 valence electrons. The number of aromatic nitrogens is 2. The van der Waals surface area contributed by atoms with Gasteiger partial charge in [-0.15, -0.1) is 0 Å². The standard InChI is InChI=1S/C17H22FN3O3S/c1-13-17(10-19-20(13)2)25(22,23)21-9-5-7-15(11-21)24-12-14-6-3-4-8-16(14)18/h3-4,6,8,10,15H,5,7,9,11-12H2,1-2H3/t15-/m0/s1. The van der Waals surface area contributed by atoms with Crippen molar-refractivity contribution >= 4 is 10.0 Å². The second-order valence-corrected chi connectivity index (χ2v) is 8.15. The molecule has 1 saturated heterocycles. The normalized spacial score (nSPS) is 19.2. The average molecular weight is 367 g/mol. The van der Waals surface area contributed by atoms with E-state index in [0.717, 1.165) is 6.42 Å². The second kappa shape index (κ2) is 7.23. The van der Waals surface area contributed by atoms with Crippen LogP contribution in [0.3, 0.4) is 0 Å². The van der Waals surface area contributed by atoms with Crippen LogP contribution in [0.2, 0.25) is 0 Å². The van der Waals surface area contributed by atoms with Crippen LogP contribution >= 0.6 is 0 Å². The second-order valence-electron chi connectivity index (χ2n) is 6.25. The van der Waals surface area contributed by atoms with Gasteiger partial charge in [-0.3, -0.25) is 4.68 Å². The molecule has 8 heteroatoms. The van der Waals surface area contributed by atoms with E-state index in [1.54, 1.807) is 36.9 Å². The summed E-state index contributed by atoms with van der Waals surface area (Å²) in [5, 5.41) is 4.02. The molecule has 1 aromatic heterocycles. The third-order valence-electron chi connectivity index (χ3n) is 4.58. The third-order valence-corrected chi connectivity index (χ3v) is 6.55. The van der Waals surface area contributed by atoms with Gasteiger partial charge in [0, 0.05) is 25.7 Å². The molecule has 0 amide bonds. The van der Waals surface area contributed by atoms with Crippen molar-refractivity contribution < 1.29 is 17.5 Å². The lowest BCUT2D eigenvalue weighted by Gasteiger charge is -2.31. The van der Waals surface area contributed by atoms with Crippen LogP contribution in [0.25, 0.3) is 0 Å². The molecule has 0 N–H and O–H groups in total. The Hall–Kier alpha value is -1.77. The van der Waals surface area contributed by atoms with Gasteiger partial charge in [0.25, 0.3) is 0 Å². The number of hydrogen-bond donors (Lipinski definition) is 0. The molecule has 6 nitrogen and oxygen atoms in total. The van der Waals surface area contributed by atoms with E-state index in [-0.39, 0.29) is 30.0 Å². The van der Waals surface area contributed by atoms with Crippen molar-refractivity contribution in [3.63, 3.8) is 0 Å². The zero-order valence-electron chi connectivity index (χ0n) is 14.4. The number of rotatable bonds is 5. The summed E-state index contributed by atoms with van der Waals surface area (Å²) in [4.78, 5) is 0.227. The van der Waals surface area contributed by atoms with Crippen molar-refractivity contribution in [3.8, 4) is 0 Å². The molecule has 2 heterocycles. The van der Waals surface area contributed by atoms with Crippen molar-refractivity contribution in [2.45, 2.75) is 37.4 Å². The molecule has 1 atom stereocenters. The van der Waals surface area contributed by atoms with Gasteiger partial charge < -0.3 is 4.74 Å². The van der Waals surface area contributed by atoms with Crippen LogP contribution in [0, 0.1) is 12.7 Å². The molecule has 1 fully saturated rings. The van der Waals surface area contributed by atoms with Crippen LogP contribution in [0.5, 0.6) is 0 Å². The molecule has 1 aliphatic heterocycles. The summed E-state index contributed by atoms with van der Waals surface area (Å²) in [7, 11) is -1.89. The molecule has 0 spiro atoms. The number of piperidine rings is 1. The fraction of sp³-hybridized carbons (Fsp3) is 0.471. The highest BCUT2D eigenvalue weighted by Gasteiger charge is 2.32. The quantitative estimate of drug-likeness (QED) is 0.813. The lowest BCUT2D eigenvalue weighted by molar-refractivity contribution is 0.00695. The predicted octanol–water partition coefficient (Wildman–Crippen LogP) is 2.24. The van der Waals surface area contributed by atoms with Crippen molar-refractivity contribution in [1.29, 1.82) is 0 Å². The van der Waals surface area contributed by atoms with Gasteiger partial charge in [-0.25, -0.2) is 12.8 Å². The zero-order valence-corrected chi connectivity index (χ0v) is 15.2. The van der Waals surface area contributed by atoms with Gasteiger partial charge in [0.2, 0.25) is 10.0 Å². The summed E-state index contributed by atoms with van der Waals surface area (Å²) in [5.41, 5.74) is 1.08. The highest BCUT2D eigenvalue weighted by atomic mass is 32.2. The summed E-state index contributed by atoms with van der Waals surface area (Å²) in [6.45, 7) is 2.59. The fourth-order valence-electron chi connectivity index (χ4n) is 2.95. The highest BCUT2D eigenvalue weighted by molar-refractivity contribution is 7.89. The summed E-state index contributed by atoms with van der Waals surface area (Å²) in [5.74, 6) is -0.311. The molecular weight excluding hydrogens is 345 g/mol. The molecule has 1 aromatic carbocycles. The Bertz CT molecular complexity index is 851. The number of hydrogen-bond acceptors (Lipinski definition) is 4. The van der Waals surface area contributed by atoms with Crippen molar-refractivity contribution in [1.82, 2.24) is 14.1 Å². The molecule has 0 saturated carbocycles. The molecule has 1 aliphatic rings. The van der Waals surface area contributed by atoms with Gasteiger partial charge in [-0.2, -0.15) is 9.40 Å². The molecule has 0 unspecified atom stereocenters. The first-order valence-electron chi connectivity index (χ1n) is 8.23. The lowest BCUT2D eigenvalue weighted by Crippen LogP contribution is -2.43. The average Bonchev–Trinajstić information content (AvgIpc) is 2.94. The van der Waals surface area contributed by atoms with E-state index in [0.29, 0.717) is 24.2 Å². The monoisotopic (exact) mass is 367 g/mol. The van der Waals surface area contributed by atoms with Gasteiger partial charge in [0.05, 0.1) is 24.6 Å². The lowest BCUT2D eigenvalue weighted by atomic mass is 10.1. The Morgan fingerprint density at radius 3 is 2.80 bits per heavy atom. The Morgan fingerprint density at radius 2 is 2.12 bits per heavy atom. The molecule has 0 radical (unpaired) electrons. The highest BCUT2D eigenvalue weighted by Crippen LogP contribution is 2.24. The Labute approximate surface area is 147 Å². The maximum absolute atomic E-state index is 13.7. The topological polar surface area (TPSA) is 64.4 Å². The zero-order chi connectivity index (χ0) is 18.0. The SMILES string of the molecule is Cc1c(S(=O)(=O)N2CCC[C@H](OCc3ccccc3F)C2)cnn1C. The Kier molecular flexibility index (Phi) is 5.21. The van der Waals surface area contributed by atoms with Crippen molar-refractivity contribution in [2.75, 3.05) is 13.1 Å². The molecule has 2 aromatic rings. The number of benzene rings is 1. The number of nitrogens with zero attached hydrogens (tertiary/aromatic N) is 3. The molecular formula is C17H22FN3O3S. The third kappa shape index (κ3) is 3.75. The fourth-order valence-corrected chi connectivity index (χ4v) is 4.65. The van der Waals surface area contributed by atoms with Crippen molar-refractivity contribution in [3.05, 3.63) is 47.5 Å². The molecule has 25 heavy (non-hydrogen) atoms. The van der Waals surface area contributed by atoms with Crippen LogP contribution < -0.4 is 0 Å². The summed E-state index contributed by atoms with van der Waals surface area (Å²) in [6, 6.07) is 6.45. The van der Waals surface area contributed by atoms with Crippen LogP contribution in [0.1, 0.15) is 24.1 Å². The van der Waals surface area contributed by atoms with Gasteiger partial charge in [-0.1, -0.05) is 18.2 Å². The summed E-state index contributed by atoms with van der Waals surface area (Å²) < 4.78 is 48.1. The maximum Gasteiger partial charge on any atom is 0.246 e. The van der Waals surface area contributed by atoms with E-state index in [1.165, 1.54) is 16.6 Å². The minimum absolute atomic E-state index is 0.136. The summed E-state index contributed by atoms with van der Waals surface area (Å²) >= 11 is 0. The van der Waals surface area contributed by atoms with E-state index in [1.807, 2.05) is 0 Å². The van der Waals surface area contributed by atoms with Crippen LogP contribution in [0.15, 0.2) is 35.4 Å². The largest absolute Gasteiger partial charge is 0.372 e. The minimum atomic E-state index is -3.60. The van der Waals surface area contributed by atoms with E-state index in [2.05, 4.69) is 5.10 Å². The van der Waals surface area contributed by atoms with Crippen LogP contribution in [0.4, 0.5) is 4.39 Å². The number of halogens is 1. The smallest absolute Gasteiger partial charge is 0.246 e. The van der Waals surface area contributed by atoms with E-state index in [4.69, 9.17) is 4.74 Å². The van der Waals surface area contributed by atoms with Gasteiger partial charge in [0.15, 0.2) is 0 Å². The maximum atomic E-state index is 13.7. The Balaban J connectivity index is 1.69. The number of ether oxygens (including phenoxy) is 1. The minimum Gasteiger partial charge on any atom is -0.372 e. The predicted molar refractivity (Wildman–Crippen MR) is 90.9 cm³/mol. The first-order chi connectivity index (χ1) is 11.9. The van der Waals surface area contributed by atoms with Crippen LogP contribution in [-0.4, -0.2) is 41.7 Å². The van der Waals surface area contributed by atoms with E-state index >= 15 is 0 Å². The molecule has 0 bridgehead atoms. The number of aryl methyl sites for hydroxylation is 1. The Morgan fingerprint density at radius 1 is 1.36 bits per heavy atom.